The van der Waals surface area contributed by atoms with Crippen LogP contribution in [0.15, 0.2) is 18.2 Å². The minimum Gasteiger partial charge on any atom is -0.494 e. The number of benzene rings is 1. The van der Waals surface area contributed by atoms with Gasteiger partial charge in [-0.3, -0.25) is 4.79 Å². The number of rotatable bonds is 8. The normalized spacial score (nSPS) is 10.2. The fourth-order valence-corrected chi connectivity index (χ4v) is 1.43. The van der Waals surface area contributed by atoms with Crippen LogP contribution in [0.5, 0.6) is 5.75 Å². The van der Waals surface area contributed by atoms with Crippen LogP contribution in [-0.4, -0.2) is 39.9 Å². The molecular weight excluding hydrogens is 248 g/mol. The molecule has 0 saturated heterocycles. The van der Waals surface area contributed by atoms with Crippen LogP contribution in [0.1, 0.15) is 6.42 Å². The largest absolute Gasteiger partial charge is 0.494 e. The van der Waals surface area contributed by atoms with Gasteiger partial charge in [-0.1, -0.05) is 0 Å². The molecule has 0 bridgehead atoms. The van der Waals surface area contributed by atoms with Gasteiger partial charge in [-0.05, 0) is 12.1 Å². The Morgan fingerprint density at radius 1 is 1.26 bits per heavy atom. The maximum atomic E-state index is 11.7. The summed E-state index contributed by atoms with van der Waals surface area (Å²) in [5.74, 6) is 0.397. The molecule has 3 N–H and O–H groups in total. The molecule has 0 unspecified atom stereocenters. The highest BCUT2D eigenvalue weighted by Gasteiger charge is 2.07. The zero-order valence-electron chi connectivity index (χ0n) is 11.3. The van der Waals surface area contributed by atoms with Crippen molar-refractivity contribution in [2.24, 2.45) is 0 Å². The Balaban J connectivity index is 2.39. The lowest BCUT2D eigenvalue weighted by Gasteiger charge is -2.10. The lowest BCUT2D eigenvalue weighted by Crippen LogP contribution is -2.15. The van der Waals surface area contributed by atoms with Crippen molar-refractivity contribution in [1.82, 2.24) is 0 Å². The lowest BCUT2D eigenvalue weighted by atomic mass is 10.2. The average molecular weight is 268 g/mol. The molecule has 0 heterocycles. The second-order valence-electron chi connectivity index (χ2n) is 3.86. The Labute approximate surface area is 112 Å². The minimum atomic E-state index is -0.138. The van der Waals surface area contributed by atoms with Gasteiger partial charge in [-0.15, -0.1) is 0 Å². The van der Waals surface area contributed by atoms with E-state index in [1.165, 1.54) is 7.11 Å². The quantitative estimate of drug-likeness (QED) is 0.548. The number of hydrogen-bond donors (Lipinski definition) is 2. The van der Waals surface area contributed by atoms with E-state index in [2.05, 4.69) is 5.32 Å². The van der Waals surface area contributed by atoms with Gasteiger partial charge in [-0.2, -0.15) is 0 Å². The van der Waals surface area contributed by atoms with Crippen LogP contribution < -0.4 is 15.8 Å². The fourth-order valence-electron chi connectivity index (χ4n) is 1.43. The highest BCUT2D eigenvalue weighted by Crippen LogP contribution is 2.26. The predicted octanol–water partition coefficient (Wildman–Crippen LogP) is 1.27. The van der Waals surface area contributed by atoms with E-state index in [9.17, 15) is 4.79 Å². The summed E-state index contributed by atoms with van der Waals surface area (Å²) >= 11 is 0. The van der Waals surface area contributed by atoms with Gasteiger partial charge in [-0.25, -0.2) is 0 Å². The molecule has 1 amide bonds. The molecule has 0 fully saturated rings. The summed E-state index contributed by atoms with van der Waals surface area (Å²) in [4.78, 5) is 11.7. The summed E-state index contributed by atoms with van der Waals surface area (Å²) in [6, 6.07) is 5.07. The summed E-state index contributed by atoms with van der Waals surface area (Å²) in [6.45, 7) is 1.36. The first-order valence-corrected chi connectivity index (χ1v) is 5.97. The van der Waals surface area contributed by atoms with Crippen LogP contribution in [0.4, 0.5) is 11.4 Å². The molecule has 106 valence electrons. The van der Waals surface area contributed by atoms with Crippen molar-refractivity contribution < 1.29 is 19.0 Å². The Hall–Kier alpha value is -1.79. The van der Waals surface area contributed by atoms with Gasteiger partial charge in [0.25, 0.3) is 0 Å². The Bertz CT molecular complexity index is 410. The van der Waals surface area contributed by atoms with Crippen molar-refractivity contribution in [3.05, 3.63) is 18.2 Å². The fraction of sp³-hybridized carbons (Fsp3) is 0.462. The van der Waals surface area contributed by atoms with Gasteiger partial charge in [0, 0.05) is 18.9 Å². The van der Waals surface area contributed by atoms with Crippen LogP contribution in [0.25, 0.3) is 0 Å². The molecule has 0 saturated carbocycles. The molecule has 0 radical (unpaired) electrons. The van der Waals surface area contributed by atoms with Gasteiger partial charge in [0.2, 0.25) is 5.91 Å². The van der Waals surface area contributed by atoms with E-state index in [1.807, 2.05) is 0 Å². The summed E-state index contributed by atoms with van der Waals surface area (Å²) in [6.07, 6.45) is 0.275. The first kappa shape index (κ1) is 15.3. The lowest BCUT2D eigenvalue weighted by molar-refractivity contribution is -0.117. The second kappa shape index (κ2) is 8.34. The first-order valence-electron chi connectivity index (χ1n) is 5.97. The molecule has 0 aliphatic rings. The standard InChI is InChI=1S/C13H20N2O4/c1-17-7-8-19-6-5-13(16)15-11-4-3-10(14)9-12(11)18-2/h3-4,9H,5-8,14H2,1-2H3,(H,15,16). The molecule has 19 heavy (non-hydrogen) atoms. The van der Waals surface area contributed by atoms with Gasteiger partial charge in [0.1, 0.15) is 5.75 Å². The van der Waals surface area contributed by atoms with Crippen LogP contribution in [0.3, 0.4) is 0 Å². The SMILES string of the molecule is COCCOCCC(=O)Nc1ccc(N)cc1OC. The average Bonchev–Trinajstić information content (AvgIpc) is 2.40. The summed E-state index contributed by atoms with van der Waals surface area (Å²) in [5, 5.41) is 2.75. The summed E-state index contributed by atoms with van der Waals surface area (Å²) in [7, 11) is 3.13. The number of carbonyl (C=O) groups is 1. The smallest absolute Gasteiger partial charge is 0.226 e. The van der Waals surface area contributed by atoms with E-state index in [1.54, 1.807) is 25.3 Å². The van der Waals surface area contributed by atoms with Crippen LogP contribution in [0, 0.1) is 0 Å². The maximum absolute atomic E-state index is 11.7. The molecule has 1 aromatic rings. The molecule has 1 aromatic carbocycles. The maximum Gasteiger partial charge on any atom is 0.226 e. The molecule has 0 aliphatic carbocycles. The monoisotopic (exact) mass is 268 g/mol. The Morgan fingerprint density at radius 2 is 2.05 bits per heavy atom. The highest BCUT2D eigenvalue weighted by molar-refractivity contribution is 5.92. The van der Waals surface area contributed by atoms with E-state index in [-0.39, 0.29) is 12.3 Å². The molecule has 6 heteroatoms. The van der Waals surface area contributed by atoms with E-state index in [0.717, 1.165) is 0 Å². The zero-order valence-corrected chi connectivity index (χ0v) is 11.3. The summed E-state index contributed by atoms with van der Waals surface area (Å²) in [5.41, 5.74) is 6.81. The van der Waals surface area contributed by atoms with E-state index < -0.39 is 0 Å². The van der Waals surface area contributed by atoms with Crippen molar-refractivity contribution in [2.45, 2.75) is 6.42 Å². The molecule has 1 rings (SSSR count). The molecule has 6 nitrogen and oxygen atoms in total. The third kappa shape index (κ3) is 5.58. The van der Waals surface area contributed by atoms with Crippen molar-refractivity contribution >= 4 is 17.3 Å². The zero-order chi connectivity index (χ0) is 14.1. The van der Waals surface area contributed by atoms with Gasteiger partial charge in [0.05, 0.1) is 39.0 Å². The number of carbonyl (C=O) groups excluding carboxylic acids is 1. The second-order valence-corrected chi connectivity index (χ2v) is 3.86. The number of nitrogens with two attached hydrogens (primary N) is 1. The van der Waals surface area contributed by atoms with Crippen molar-refractivity contribution in [1.29, 1.82) is 0 Å². The van der Waals surface area contributed by atoms with Gasteiger partial charge in [0.15, 0.2) is 0 Å². The number of amides is 1. The molecule has 0 spiro atoms. The van der Waals surface area contributed by atoms with E-state index >= 15 is 0 Å². The number of hydrogen-bond acceptors (Lipinski definition) is 5. The number of ether oxygens (including phenoxy) is 3. The van der Waals surface area contributed by atoms with Crippen LogP contribution >= 0.6 is 0 Å². The number of nitrogen functional groups attached to an aromatic ring is 1. The summed E-state index contributed by atoms with van der Waals surface area (Å²) < 4.78 is 15.2. The van der Waals surface area contributed by atoms with Crippen molar-refractivity contribution in [3.8, 4) is 5.75 Å². The minimum absolute atomic E-state index is 0.138. The Kier molecular flexibility index (Phi) is 6.70. The van der Waals surface area contributed by atoms with Gasteiger partial charge >= 0.3 is 0 Å². The van der Waals surface area contributed by atoms with Gasteiger partial charge < -0.3 is 25.3 Å². The number of anilines is 2. The number of methoxy groups -OCH3 is 2. The molecule has 0 aliphatic heterocycles. The van der Waals surface area contributed by atoms with Crippen molar-refractivity contribution in [2.75, 3.05) is 45.1 Å². The van der Waals surface area contributed by atoms with E-state index in [4.69, 9.17) is 19.9 Å². The molecular formula is C13H20N2O4. The third-order valence-corrected chi connectivity index (χ3v) is 2.40. The third-order valence-electron chi connectivity index (χ3n) is 2.40. The Morgan fingerprint density at radius 3 is 2.74 bits per heavy atom. The van der Waals surface area contributed by atoms with Crippen LogP contribution in [-0.2, 0) is 14.3 Å². The molecule has 0 atom stereocenters. The topological polar surface area (TPSA) is 82.8 Å². The van der Waals surface area contributed by atoms with E-state index in [0.29, 0.717) is 36.9 Å². The first-order chi connectivity index (χ1) is 9.17. The molecule has 0 aromatic heterocycles. The predicted molar refractivity (Wildman–Crippen MR) is 73.3 cm³/mol. The van der Waals surface area contributed by atoms with Crippen molar-refractivity contribution in [3.63, 3.8) is 0 Å². The highest BCUT2D eigenvalue weighted by atomic mass is 16.5. The number of nitrogens with one attached hydrogen (secondary N) is 1. The van der Waals surface area contributed by atoms with Crippen LogP contribution in [0.2, 0.25) is 0 Å².